The van der Waals surface area contributed by atoms with Crippen molar-refractivity contribution < 1.29 is 127 Å². The van der Waals surface area contributed by atoms with Gasteiger partial charge in [-0.3, -0.25) is 0 Å². The zero-order valence-corrected chi connectivity index (χ0v) is 45.7. The standard InChI is InChI=1S/C23H40O12.C19H36O11.C8H10O3/c1-10(2)20(29)34-19-15(25)13(33-22(18(19)28)35-23(5,6)7)9-31-21-17(27)16(26)14(24)12(32-21)8-30-11(3)4;1-8(2)26-6-9-11(20)13(22)15(24)17(28-9)27-7-10-12(21)14(23)16(25)18(29-10)30-19(3,4)5;1-5(2)7(9)11-8(10)6(3)4/h11-19,21-22,24-28H,1,8-9H2,2-7H3;8-18,20-25H,6-7H2,1-5H3;1,3H2,2,4H3. The second kappa shape index (κ2) is 30.5. The molecule has 26 nitrogen and oxygen atoms in total. The van der Waals surface area contributed by atoms with Crippen molar-refractivity contribution in [3.05, 3.63) is 36.5 Å². The van der Waals surface area contributed by atoms with E-state index in [1.807, 2.05) is 0 Å². The Balaban J connectivity index is 0.000000438. The molecule has 0 radical (unpaired) electrons. The maximum absolute atomic E-state index is 12.1. The van der Waals surface area contributed by atoms with Crippen molar-refractivity contribution in [3.8, 4) is 0 Å². The Morgan fingerprint density at radius 1 is 0.421 bits per heavy atom. The van der Waals surface area contributed by atoms with E-state index < -0.39 is 159 Å². The molecule has 0 bridgehead atoms. The second-order valence-electron chi connectivity index (χ2n) is 21.3. The van der Waals surface area contributed by atoms with Crippen LogP contribution in [0.4, 0.5) is 0 Å². The van der Waals surface area contributed by atoms with Gasteiger partial charge in [-0.2, -0.15) is 0 Å². The van der Waals surface area contributed by atoms with Crippen LogP contribution in [0.15, 0.2) is 36.5 Å². The van der Waals surface area contributed by atoms with Gasteiger partial charge in [0.15, 0.2) is 31.3 Å². The molecule has 0 aromatic carbocycles. The van der Waals surface area contributed by atoms with Crippen molar-refractivity contribution in [3.63, 3.8) is 0 Å². The first-order valence-electron chi connectivity index (χ1n) is 24.7. The summed E-state index contributed by atoms with van der Waals surface area (Å²) in [6.07, 6.45) is -27.8. The molecule has 0 aliphatic carbocycles. The number of ether oxygens (including phenoxy) is 12. The number of aliphatic hydroxyl groups is 11. The highest BCUT2D eigenvalue weighted by Gasteiger charge is 2.51. The topological polar surface area (TPSA) is 385 Å². The SMILES string of the molecule is C=C(C)C(=O)OC(=O)C(=C)C.C=C(C)C(=O)OC1C(O)C(COC2OC(COC(C)C)C(O)C(O)C2O)OC(OC(C)(C)C)C1O.CC(C)OCC1OC(OCC2OC(OC(C)(C)C)C(O)C(O)C2O)C(O)C(O)C1O. The molecule has 442 valence electrons. The molecule has 4 aliphatic rings. The number of aliphatic hydroxyl groups excluding tert-OH is 11. The molecule has 11 N–H and O–H groups in total. The summed E-state index contributed by atoms with van der Waals surface area (Å²) in [5.41, 5.74) is -0.988. The summed E-state index contributed by atoms with van der Waals surface area (Å²) in [5.74, 6) is -2.24. The summed E-state index contributed by atoms with van der Waals surface area (Å²) in [6.45, 7) is 31.2. The Labute approximate surface area is 443 Å². The fraction of sp³-hybridized carbons (Fsp3) is 0.820. The molecule has 4 aliphatic heterocycles. The predicted octanol–water partition coefficient (Wildman–Crippen LogP) is -1.95. The average molecular weight is 1100 g/mol. The minimum absolute atomic E-state index is 0.0303. The van der Waals surface area contributed by atoms with Crippen LogP contribution in [0.25, 0.3) is 0 Å². The van der Waals surface area contributed by atoms with Crippen LogP contribution in [0.5, 0.6) is 0 Å². The second-order valence-corrected chi connectivity index (χ2v) is 21.3. The van der Waals surface area contributed by atoms with Crippen LogP contribution in [0.3, 0.4) is 0 Å². The van der Waals surface area contributed by atoms with Crippen molar-refractivity contribution in [1.29, 1.82) is 0 Å². The van der Waals surface area contributed by atoms with Crippen LogP contribution >= 0.6 is 0 Å². The average Bonchev–Trinajstić information content (AvgIpc) is 3.31. The number of hydrogen-bond acceptors (Lipinski definition) is 26. The van der Waals surface area contributed by atoms with Crippen molar-refractivity contribution in [2.45, 2.75) is 236 Å². The largest absolute Gasteiger partial charge is 0.453 e. The third-order valence-electron chi connectivity index (χ3n) is 11.1. The van der Waals surface area contributed by atoms with Crippen LogP contribution in [0.2, 0.25) is 0 Å². The van der Waals surface area contributed by atoms with E-state index in [-0.39, 0.29) is 48.7 Å². The van der Waals surface area contributed by atoms with Gasteiger partial charge in [0.05, 0.1) is 49.8 Å². The first-order valence-corrected chi connectivity index (χ1v) is 24.7. The maximum atomic E-state index is 12.1. The summed E-state index contributed by atoms with van der Waals surface area (Å²) < 4.78 is 65.2. The van der Waals surface area contributed by atoms with Gasteiger partial charge in [-0.1, -0.05) is 19.7 Å². The van der Waals surface area contributed by atoms with Crippen molar-refractivity contribution in [1.82, 2.24) is 0 Å². The van der Waals surface area contributed by atoms with Crippen molar-refractivity contribution >= 4 is 17.9 Å². The smallest absolute Gasteiger partial charge is 0.340 e. The zero-order chi connectivity index (χ0) is 58.5. The van der Waals surface area contributed by atoms with Crippen LogP contribution in [-0.4, -0.2) is 247 Å². The summed E-state index contributed by atoms with van der Waals surface area (Å²) in [4.78, 5) is 33.4. The minimum atomic E-state index is -1.61. The van der Waals surface area contributed by atoms with E-state index in [0.29, 0.717) is 0 Å². The Kier molecular flexibility index (Phi) is 27.8. The maximum Gasteiger partial charge on any atom is 0.340 e. The van der Waals surface area contributed by atoms with Crippen molar-refractivity contribution in [2.75, 3.05) is 26.4 Å². The molecule has 0 amide bonds. The third-order valence-corrected chi connectivity index (χ3v) is 11.1. The third kappa shape index (κ3) is 21.6. The minimum Gasteiger partial charge on any atom is -0.453 e. The normalized spacial score (nSPS) is 36.0. The number of hydrogen-bond donors (Lipinski definition) is 11. The van der Waals surface area contributed by atoms with Crippen LogP contribution in [0, 0.1) is 0 Å². The summed E-state index contributed by atoms with van der Waals surface area (Å²) in [6, 6.07) is 0. The van der Waals surface area contributed by atoms with Crippen LogP contribution < -0.4 is 0 Å². The molecule has 4 rings (SSSR count). The van der Waals surface area contributed by atoms with E-state index in [1.165, 1.54) is 20.8 Å². The highest BCUT2D eigenvalue weighted by Crippen LogP contribution is 2.31. The lowest BCUT2D eigenvalue weighted by molar-refractivity contribution is -0.342. The highest BCUT2D eigenvalue weighted by molar-refractivity contribution is 6.00. The Morgan fingerprint density at radius 3 is 1.03 bits per heavy atom. The molecule has 4 saturated heterocycles. The Morgan fingerprint density at radius 2 is 0.711 bits per heavy atom. The van der Waals surface area contributed by atoms with Gasteiger partial charge in [-0.25, -0.2) is 14.4 Å². The van der Waals surface area contributed by atoms with Crippen LogP contribution in [-0.2, 0) is 71.2 Å². The Hall–Kier alpha value is -3.01. The van der Waals surface area contributed by atoms with Crippen LogP contribution in [0.1, 0.15) is 90.0 Å². The number of carbonyl (C=O) groups excluding carboxylic acids is 3. The number of carbonyl (C=O) groups is 3. The molecule has 76 heavy (non-hydrogen) atoms. The molecular formula is C50H86O26. The van der Waals surface area contributed by atoms with Gasteiger partial charge in [0, 0.05) is 16.7 Å². The molecule has 0 aromatic heterocycles. The lowest BCUT2D eigenvalue weighted by atomic mass is 9.98. The van der Waals surface area contributed by atoms with E-state index in [4.69, 9.17) is 52.1 Å². The predicted molar refractivity (Wildman–Crippen MR) is 262 cm³/mol. The van der Waals surface area contributed by atoms with Gasteiger partial charge >= 0.3 is 17.9 Å². The first-order chi connectivity index (χ1) is 34.9. The zero-order valence-electron chi connectivity index (χ0n) is 45.7. The fourth-order valence-corrected chi connectivity index (χ4v) is 6.95. The summed E-state index contributed by atoms with van der Waals surface area (Å²) >= 11 is 0. The van der Waals surface area contributed by atoms with E-state index in [9.17, 15) is 70.6 Å². The van der Waals surface area contributed by atoms with Gasteiger partial charge in [-0.05, 0) is 90.0 Å². The van der Waals surface area contributed by atoms with E-state index in [0.717, 1.165) is 0 Å². The molecular weight excluding hydrogens is 1020 g/mol. The molecule has 0 spiro atoms. The van der Waals surface area contributed by atoms with Gasteiger partial charge in [-0.15, -0.1) is 0 Å². The number of rotatable bonds is 18. The molecule has 0 aromatic rings. The molecule has 4 fully saturated rings. The van der Waals surface area contributed by atoms with Crippen molar-refractivity contribution in [2.24, 2.45) is 0 Å². The number of esters is 3. The Bertz CT molecular complexity index is 1830. The van der Waals surface area contributed by atoms with E-state index in [1.54, 1.807) is 69.2 Å². The van der Waals surface area contributed by atoms with E-state index in [2.05, 4.69) is 24.5 Å². The lowest BCUT2D eigenvalue weighted by Gasteiger charge is -2.44. The summed E-state index contributed by atoms with van der Waals surface area (Å²) in [7, 11) is 0. The molecule has 0 saturated carbocycles. The fourth-order valence-electron chi connectivity index (χ4n) is 6.95. The molecule has 20 atom stereocenters. The molecule has 26 heteroatoms. The monoisotopic (exact) mass is 1100 g/mol. The van der Waals surface area contributed by atoms with Gasteiger partial charge < -0.3 is 113 Å². The molecule has 4 heterocycles. The summed E-state index contributed by atoms with van der Waals surface area (Å²) in [5, 5.41) is 113. The van der Waals surface area contributed by atoms with Gasteiger partial charge in [0.2, 0.25) is 0 Å². The van der Waals surface area contributed by atoms with Gasteiger partial charge in [0.1, 0.15) is 91.6 Å². The highest BCUT2D eigenvalue weighted by atomic mass is 16.8. The first kappa shape index (κ1) is 69.1. The van der Waals surface area contributed by atoms with Gasteiger partial charge in [0.25, 0.3) is 0 Å². The molecule has 20 unspecified atom stereocenters. The quantitative estimate of drug-likeness (QED) is 0.0404. The van der Waals surface area contributed by atoms with E-state index >= 15 is 0 Å². The lowest BCUT2D eigenvalue weighted by Crippen LogP contribution is -2.63.